The first-order valence-electron chi connectivity index (χ1n) is 8.27. The molecule has 0 spiro atoms. The minimum Gasteiger partial charge on any atom is -0.453 e. The number of rotatable bonds is 3. The number of methoxy groups -OCH3 is 1. The van der Waals surface area contributed by atoms with E-state index >= 15 is 0 Å². The molecule has 0 unspecified atom stereocenters. The predicted octanol–water partition coefficient (Wildman–Crippen LogP) is 2.10. The van der Waals surface area contributed by atoms with E-state index in [4.69, 9.17) is 9.72 Å². The van der Waals surface area contributed by atoms with Gasteiger partial charge in [0.2, 0.25) is 5.95 Å². The molecule has 1 aliphatic heterocycles. The van der Waals surface area contributed by atoms with Gasteiger partial charge in [-0.1, -0.05) is 12.1 Å². The minimum atomic E-state index is -0.282. The molecule has 0 saturated carbocycles. The highest BCUT2D eigenvalue weighted by molar-refractivity contribution is 5.68. The van der Waals surface area contributed by atoms with Gasteiger partial charge in [0.05, 0.1) is 12.8 Å². The van der Waals surface area contributed by atoms with Crippen molar-refractivity contribution in [3.05, 3.63) is 36.5 Å². The molecule has 3 rings (SSSR count). The van der Waals surface area contributed by atoms with Crippen molar-refractivity contribution in [1.82, 2.24) is 14.9 Å². The van der Waals surface area contributed by atoms with E-state index in [0.29, 0.717) is 32.1 Å². The first-order valence-corrected chi connectivity index (χ1v) is 8.27. The molecule has 2 heterocycles. The first kappa shape index (κ1) is 17.0. The number of benzene rings is 1. The standard InChI is InChI=1S/C18H23N5O2/c1-21(2)15-6-4-14(5-7-15)16-8-9-19-17(20-16)22-10-12-23(13-11-22)18(24)25-3/h4-9H,10-13H2,1-3H3. The van der Waals surface area contributed by atoms with Gasteiger partial charge < -0.3 is 19.4 Å². The van der Waals surface area contributed by atoms with E-state index in [1.807, 2.05) is 20.2 Å². The van der Waals surface area contributed by atoms with Gasteiger partial charge in [0, 0.05) is 57.7 Å². The number of hydrogen-bond donors (Lipinski definition) is 0. The zero-order valence-corrected chi connectivity index (χ0v) is 14.8. The van der Waals surface area contributed by atoms with E-state index < -0.39 is 0 Å². The average molecular weight is 341 g/mol. The number of amides is 1. The third kappa shape index (κ3) is 3.81. The van der Waals surface area contributed by atoms with Gasteiger partial charge in [0.25, 0.3) is 0 Å². The Hall–Kier alpha value is -2.83. The number of hydrogen-bond acceptors (Lipinski definition) is 6. The van der Waals surface area contributed by atoms with Gasteiger partial charge in [-0.25, -0.2) is 14.8 Å². The molecule has 25 heavy (non-hydrogen) atoms. The van der Waals surface area contributed by atoms with Crippen molar-refractivity contribution >= 4 is 17.7 Å². The van der Waals surface area contributed by atoms with E-state index in [0.717, 1.165) is 16.9 Å². The number of carbonyl (C=O) groups is 1. The highest BCUT2D eigenvalue weighted by Crippen LogP contribution is 2.22. The van der Waals surface area contributed by atoms with E-state index in [1.54, 1.807) is 11.1 Å². The molecular formula is C18H23N5O2. The van der Waals surface area contributed by atoms with Crippen LogP contribution in [0.5, 0.6) is 0 Å². The number of nitrogens with zero attached hydrogens (tertiary/aromatic N) is 5. The van der Waals surface area contributed by atoms with Crippen LogP contribution >= 0.6 is 0 Å². The molecule has 7 nitrogen and oxygen atoms in total. The molecule has 0 N–H and O–H groups in total. The van der Waals surface area contributed by atoms with Crippen molar-refractivity contribution < 1.29 is 9.53 Å². The number of aromatic nitrogens is 2. The Balaban J connectivity index is 1.73. The summed E-state index contributed by atoms with van der Waals surface area (Å²) in [6, 6.07) is 10.2. The van der Waals surface area contributed by atoms with Crippen LogP contribution in [0.3, 0.4) is 0 Å². The Morgan fingerprint density at radius 3 is 2.36 bits per heavy atom. The van der Waals surface area contributed by atoms with Gasteiger partial charge in [0.15, 0.2) is 0 Å². The number of anilines is 2. The summed E-state index contributed by atoms with van der Waals surface area (Å²) in [5.41, 5.74) is 3.10. The number of ether oxygens (including phenoxy) is 1. The quantitative estimate of drug-likeness (QED) is 0.852. The zero-order chi connectivity index (χ0) is 17.8. The van der Waals surface area contributed by atoms with Crippen LogP contribution in [0.15, 0.2) is 36.5 Å². The van der Waals surface area contributed by atoms with Crippen molar-refractivity contribution in [2.24, 2.45) is 0 Å². The molecule has 132 valence electrons. The van der Waals surface area contributed by atoms with Crippen LogP contribution in [-0.4, -0.2) is 68.3 Å². The third-order valence-corrected chi connectivity index (χ3v) is 4.32. The molecule has 1 aromatic carbocycles. The molecule has 1 fully saturated rings. The first-order chi connectivity index (χ1) is 12.1. The molecule has 1 amide bonds. The van der Waals surface area contributed by atoms with Crippen molar-refractivity contribution in [3.63, 3.8) is 0 Å². The Kier molecular flexibility index (Phi) is 5.02. The van der Waals surface area contributed by atoms with E-state index in [1.165, 1.54) is 7.11 Å². The predicted molar refractivity (Wildman–Crippen MR) is 98.0 cm³/mol. The molecule has 0 atom stereocenters. The summed E-state index contributed by atoms with van der Waals surface area (Å²) in [6.07, 6.45) is 1.50. The number of carbonyl (C=O) groups excluding carboxylic acids is 1. The Morgan fingerprint density at radius 2 is 1.76 bits per heavy atom. The lowest BCUT2D eigenvalue weighted by molar-refractivity contribution is 0.121. The van der Waals surface area contributed by atoms with Gasteiger partial charge in [-0.05, 0) is 18.2 Å². The normalized spacial score (nSPS) is 14.4. The molecular weight excluding hydrogens is 318 g/mol. The largest absolute Gasteiger partial charge is 0.453 e. The molecule has 1 saturated heterocycles. The van der Waals surface area contributed by atoms with Crippen LogP contribution in [0.4, 0.5) is 16.4 Å². The van der Waals surface area contributed by atoms with Crippen molar-refractivity contribution in [3.8, 4) is 11.3 Å². The zero-order valence-electron chi connectivity index (χ0n) is 14.8. The van der Waals surface area contributed by atoms with Crippen molar-refractivity contribution in [1.29, 1.82) is 0 Å². The highest BCUT2D eigenvalue weighted by atomic mass is 16.5. The van der Waals surface area contributed by atoms with Gasteiger partial charge in [-0.3, -0.25) is 0 Å². The average Bonchev–Trinajstić information content (AvgIpc) is 2.67. The SMILES string of the molecule is COC(=O)N1CCN(c2nccc(-c3ccc(N(C)C)cc3)n2)CC1. The van der Waals surface area contributed by atoms with Crippen LogP contribution in [0.1, 0.15) is 0 Å². The van der Waals surface area contributed by atoms with Crippen LogP contribution in [0, 0.1) is 0 Å². The molecule has 2 aromatic rings. The van der Waals surface area contributed by atoms with E-state index in [2.05, 4.69) is 39.0 Å². The maximum Gasteiger partial charge on any atom is 0.409 e. The second kappa shape index (κ2) is 7.38. The topological polar surface area (TPSA) is 61.8 Å². The second-order valence-corrected chi connectivity index (χ2v) is 6.13. The third-order valence-electron chi connectivity index (χ3n) is 4.32. The summed E-state index contributed by atoms with van der Waals surface area (Å²) < 4.78 is 4.77. The molecule has 7 heteroatoms. The lowest BCUT2D eigenvalue weighted by Crippen LogP contribution is -2.49. The summed E-state index contributed by atoms with van der Waals surface area (Å²) >= 11 is 0. The summed E-state index contributed by atoms with van der Waals surface area (Å²) in [5.74, 6) is 0.693. The second-order valence-electron chi connectivity index (χ2n) is 6.13. The van der Waals surface area contributed by atoms with Gasteiger partial charge in [0.1, 0.15) is 0 Å². The molecule has 1 aliphatic rings. The van der Waals surface area contributed by atoms with Crippen LogP contribution < -0.4 is 9.80 Å². The highest BCUT2D eigenvalue weighted by Gasteiger charge is 2.23. The summed E-state index contributed by atoms with van der Waals surface area (Å²) in [6.45, 7) is 2.60. The monoisotopic (exact) mass is 341 g/mol. The lowest BCUT2D eigenvalue weighted by atomic mass is 10.1. The Labute approximate surface area is 147 Å². The van der Waals surface area contributed by atoms with Crippen molar-refractivity contribution in [2.45, 2.75) is 0 Å². The molecule has 0 bridgehead atoms. The smallest absolute Gasteiger partial charge is 0.409 e. The van der Waals surface area contributed by atoms with Crippen molar-refractivity contribution in [2.75, 3.05) is 57.2 Å². The Bertz CT molecular complexity index is 725. The molecule has 0 radical (unpaired) electrons. The van der Waals surface area contributed by atoms with E-state index in [-0.39, 0.29) is 6.09 Å². The lowest BCUT2D eigenvalue weighted by Gasteiger charge is -2.33. The van der Waals surface area contributed by atoms with Crippen LogP contribution in [0.2, 0.25) is 0 Å². The van der Waals surface area contributed by atoms with Gasteiger partial charge in [-0.2, -0.15) is 0 Å². The summed E-state index contributed by atoms with van der Waals surface area (Å²) in [4.78, 5) is 26.5. The number of piperazine rings is 1. The Morgan fingerprint density at radius 1 is 1.08 bits per heavy atom. The van der Waals surface area contributed by atoms with E-state index in [9.17, 15) is 4.79 Å². The molecule has 0 aliphatic carbocycles. The fraction of sp³-hybridized carbons (Fsp3) is 0.389. The minimum absolute atomic E-state index is 0.282. The summed E-state index contributed by atoms with van der Waals surface area (Å²) in [7, 11) is 5.44. The van der Waals surface area contributed by atoms with Gasteiger partial charge in [-0.15, -0.1) is 0 Å². The van der Waals surface area contributed by atoms with Crippen LogP contribution in [0.25, 0.3) is 11.3 Å². The van der Waals surface area contributed by atoms with Gasteiger partial charge >= 0.3 is 6.09 Å². The molecule has 1 aromatic heterocycles. The fourth-order valence-electron chi connectivity index (χ4n) is 2.81. The maximum absolute atomic E-state index is 11.6. The fourth-order valence-corrected chi connectivity index (χ4v) is 2.81. The van der Waals surface area contributed by atoms with Crippen LogP contribution in [-0.2, 0) is 4.74 Å². The maximum atomic E-state index is 11.6. The summed E-state index contributed by atoms with van der Waals surface area (Å²) in [5, 5.41) is 0.